The van der Waals surface area contributed by atoms with E-state index >= 15 is 0 Å². The smallest absolute Gasteiger partial charge is 0.255 e. The van der Waals surface area contributed by atoms with Gasteiger partial charge in [-0.25, -0.2) is 4.98 Å². The monoisotopic (exact) mass is 358 g/mol. The Morgan fingerprint density at radius 3 is 3.08 bits per heavy atom. The highest BCUT2D eigenvalue weighted by Gasteiger charge is 2.31. The van der Waals surface area contributed by atoms with E-state index in [1.165, 1.54) is 15.0 Å². The molecule has 7 heteroatoms. The average Bonchev–Trinajstić information content (AvgIpc) is 3.11. The first-order valence-electron chi connectivity index (χ1n) is 8.73. The maximum Gasteiger partial charge on any atom is 0.255 e. The van der Waals surface area contributed by atoms with Crippen molar-refractivity contribution in [1.29, 1.82) is 0 Å². The summed E-state index contributed by atoms with van der Waals surface area (Å²) in [7, 11) is 1.69. The van der Waals surface area contributed by atoms with E-state index in [1.807, 2.05) is 4.90 Å². The van der Waals surface area contributed by atoms with Crippen LogP contribution < -0.4 is 10.5 Å². The summed E-state index contributed by atoms with van der Waals surface area (Å²) >= 11 is 1.79. The first-order valence-corrected chi connectivity index (χ1v) is 9.61. The van der Waals surface area contributed by atoms with Gasteiger partial charge in [0, 0.05) is 44.2 Å². The van der Waals surface area contributed by atoms with Crippen molar-refractivity contribution >= 4 is 23.1 Å². The van der Waals surface area contributed by atoms with E-state index in [9.17, 15) is 9.59 Å². The number of thiophene rings is 1. The fourth-order valence-corrected chi connectivity index (χ4v) is 4.60. The van der Waals surface area contributed by atoms with Crippen LogP contribution in [-0.2, 0) is 24.8 Å². The van der Waals surface area contributed by atoms with E-state index in [1.54, 1.807) is 30.8 Å². The second-order valence-corrected chi connectivity index (χ2v) is 7.86. The molecule has 0 saturated carbocycles. The SMILES string of the molecule is Cn1cnc(N2CCCC(C(=O)N3CCc4sccc4C3)C2)cc1=O. The first-order chi connectivity index (χ1) is 12.1. The van der Waals surface area contributed by atoms with Crippen molar-refractivity contribution in [3.8, 4) is 0 Å². The fourth-order valence-electron chi connectivity index (χ4n) is 3.71. The van der Waals surface area contributed by atoms with Crippen LogP contribution in [0.1, 0.15) is 23.3 Å². The fraction of sp³-hybridized carbons (Fsp3) is 0.500. The number of aryl methyl sites for hydroxylation is 1. The van der Waals surface area contributed by atoms with Gasteiger partial charge in [-0.15, -0.1) is 11.3 Å². The number of piperidine rings is 1. The second-order valence-electron chi connectivity index (χ2n) is 6.86. The molecule has 2 aliphatic rings. The number of amides is 1. The summed E-state index contributed by atoms with van der Waals surface area (Å²) in [4.78, 5) is 34.7. The summed E-state index contributed by atoms with van der Waals surface area (Å²) in [5.74, 6) is 0.907. The predicted octanol–water partition coefficient (Wildman–Crippen LogP) is 1.64. The molecule has 1 amide bonds. The van der Waals surface area contributed by atoms with Crippen LogP contribution in [0.4, 0.5) is 5.82 Å². The average molecular weight is 358 g/mol. The number of anilines is 1. The number of rotatable bonds is 2. The maximum atomic E-state index is 13.0. The molecule has 132 valence electrons. The summed E-state index contributed by atoms with van der Waals surface area (Å²) in [5, 5.41) is 2.11. The molecule has 1 unspecified atom stereocenters. The molecule has 25 heavy (non-hydrogen) atoms. The van der Waals surface area contributed by atoms with Crippen molar-refractivity contribution in [3.63, 3.8) is 0 Å². The molecule has 1 saturated heterocycles. The predicted molar refractivity (Wildman–Crippen MR) is 97.9 cm³/mol. The van der Waals surface area contributed by atoms with Crippen molar-refractivity contribution in [2.45, 2.75) is 25.8 Å². The lowest BCUT2D eigenvalue weighted by molar-refractivity contribution is -0.136. The molecule has 4 heterocycles. The van der Waals surface area contributed by atoms with Crippen LogP contribution in [-0.4, -0.2) is 40.0 Å². The van der Waals surface area contributed by atoms with Crippen molar-refractivity contribution in [2.24, 2.45) is 13.0 Å². The topological polar surface area (TPSA) is 58.4 Å². The minimum atomic E-state index is -0.0699. The number of hydrogen-bond donors (Lipinski definition) is 0. The minimum absolute atomic E-state index is 0.0141. The third-order valence-electron chi connectivity index (χ3n) is 5.18. The molecule has 2 aromatic heterocycles. The first kappa shape index (κ1) is 16.3. The number of fused-ring (bicyclic) bond motifs is 1. The largest absolute Gasteiger partial charge is 0.356 e. The van der Waals surface area contributed by atoms with Crippen molar-refractivity contribution < 1.29 is 4.79 Å². The van der Waals surface area contributed by atoms with E-state index in [2.05, 4.69) is 21.3 Å². The van der Waals surface area contributed by atoms with Gasteiger partial charge in [0.15, 0.2) is 0 Å². The zero-order chi connectivity index (χ0) is 17.4. The summed E-state index contributed by atoms with van der Waals surface area (Å²) in [6, 6.07) is 3.70. The lowest BCUT2D eigenvalue weighted by Crippen LogP contribution is -2.46. The number of aromatic nitrogens is 2. The van der Waals surface area contributed by atoms with Crippen molar-refractivity contribution in [1.82, 2.24) is 14.5 Å². The summed E-state index contributed by atoms with van der Waals surface area (Å²) in [6.07, 6.45) is 4.37. The van der Waals surface area contributed by atoms with E-state index in [0.717, 1.165) is 38.9 Å². The summed E-state index contributed by atoms with van der Waals surface area (Å²) in [5.41, 5.74) is 1.23. The molecule has 1 atom stereocenters. The lowest BCUT2D eigenvalue weighted by atomic mass is 9.95. The molecule has 4 rings (SSSR count). The zero-order valence-electron chi connectivity index (χ0n) is 14.4. The minimum Gasteiger partial charge on any atom is -0.356 e. The number of carbonyl (C=O) groups excluding carboxylic acids is 1. The molecular formula is C18H22N4O2S. The van der Waals surface area contributed by atoms with Gasteiger partial charge < -0.3 is 14.4 Å². The van der Waals surface area contributed by atoms with Crippen LogP contribution >= 0.6 is 11.3 Å². The van der Waals surface area contributed by atoms with Gasteiger partial charge in [0.05, 0.1) is 12.2 Å². The number of carbonyl (C=O) groups is 1. The molecule has 0 radical (unpaired) electrons. The Bertz CT molecular complexity index is 844. The Kier molecular flexibility index (Phi) is 4.33. The summed E-state index contributed by atoms with van der Waals surface area (Å²) in [6.45, 7) is 3.04. The molecule has 0 N–H and O–H groups in total. The molecule has 2 aromatic rings. The molecule has 0 spiro atoms. The van der Waals surface area contributed by atoms with Crippen LogP contribution in [0.3, 0.4) is 0 Å². The maximum absolute atomic E-state index is 13.0. The molecule has 2 aliphatic heterocycles. The highest BCUT2D eigenvalue weighted by atomic mass is 32.1. The van der Waals surface area contributed by atoms with Crippen LogP contribution in [0.5, 0.6) is 0 Å². The van der Waals surface area contributed by atoms with E-state index in [4.69, 9.17) is 0 Å². The molecular weight excluding hydrogens is 336 g/mol. The van der Waals surface area contributed by atoms with Gasteiger partial charge in [0.25, 0.3) is 5.56 Å². The Morgan fingerprint density at radius 2 is 2.24 bits per heavy atom. The number of hydrogen-bond acceptors (Lipinski definition) is 5. The quantitative estimate of drug-likeness (QED) is 0.819. The normalized spacial score (nSPS) is 20.4. The zero-order valence-corrected chi connectivity index (χ0v) is 15.2. The Morgan fingerprint density at radius 1 is 1.36 bits per heavy atom. The van der Waals surface area contributed by atoms with Crippen LogP contribution in [0, 0.1) is 5.92 Å². The molecule has 1 fully saturated rings. The standard InChI is InChI=1S/C18H22N4O2S/c1-20-12-19-16(9-17(20)23)21-6-2-3-14(11-21)18(24)22-7-4-15-13(10-22)5-8-25-15/h5,8-9,12,14H,2-4,6-7,10-11H2,1H3. The van der Waals surface area contributed by atoms with E-state index < -0.39 is 0 Å². The van der Waals surface area contributed by atoms with Crippen molar-refractivity contribution in [3.05, 3.63) is 44.6 Å². The van der Waals surface area contributed by atoms with Gasteiger partial charge in [0.1, 0.15) is 5.82 Å². The van der Waals surface area contributed by atoms with Gasteiger partial charge in [0.2, 0.25) is 5.91 Å². The summed E-state index contributed by atoms with van der Waals surface area (Å²) < 4.78 is 1.46. The van der Waals surface area contributed by atoms with Crippen LogP contribution in [0.2, 0.25) is 0 Å². The van der Waals surface area contributed by atoms with Crippen LogP contribution in [0.15, 0.2) is 28.6 Å². The molecule has 6 nitrogen and oxygen atoms in total. The van der Waals surface area contributed by atoms with Gasteiger partial charge in [-0.2, -0.15) is 0 Å². The van der Waals surface area contributed by atoms with Gasteiger partial charge in [-0.1, -0.05) is 0 Å². The van der Waals surface area contributed by atoms with Gasteiger partial charge in [-0.3, -0.25) is 9.59 Å². The van der Waals surface area contributed by atoms with E-state index in [0.29, 0.717) is 12.4 Å². The Labute approximate surface area is 150 Å². The molecule has 0 bridgehead atoms. The third kappa shape index (κ3) is 3.20. The van der Waals surface area contributed by atoms with Crippen LogP contribution in [0.25, 0.3) is 0 Å². The highest BCUT2D eigenvalue weighted by molar-refractivity contribution is 7.10. The van der Waals surface area contributed by atoms with E-state index in [-0.39, 0.29) is 17.4 Å². The van der Waals surface area contributed by atoms with Gasteiger partial charge in [-0.05, 0) is 36.3 Å². The Balaban J connectivity index is 1.46. The molecule has 0 aromatic carbocycles. The highest BCUT2D eigenvalue weighted by Crippen LogP contribution is 2.27. The van der Waals surface area contributed by atoms with Crippen molar-refractivity contribution in [2.75, 3.05) is 24.5 Å². The number of nitrogens with zero attached hydrogens (tertiary/aromatic N) is 4. The third-order valence-corrected chi connectivity index (χ3v) is 6.20. The lowest BCUT2D eigenvalue weighted by Gasteiger charge is -2.36. The molecule has 0 aliphatic carbocycles. The van der Waals surface area contributed by atoms with Gasteiger partial charge >= 0.3 is 0 Å². The second kappa shape index (κ2) is 6.63. The Hall–Kier alpha value is -2.15.